The molecule has 3 rings (SSSR count). The summed E-state index contributed by atoms with van der Waals surface area (Å²) in [5, 5.41) is 4.49. The minimum absolute atomic E-state index is 0.0711. The molecule has 1 aliphatic rings. The van der Waals surface area contributed by atoms with Crippen molar-refractivity contribution < 1.29 is 9.53 Å². The average Bonchev–Trinajstić information content (AvgIpc) is 2.93. The minimum Gasteiger partial charge on any atom is -0.380 e. The number of amides is 1. The summed E-state index contributed by atoms with van der Waals surface area (Å²) in [7, 11) is 1.65. The Morgan fingerprint density at radius 1 is 1.33 bits per heavy atom. The van der Waals surface area contributed by atoms with Crippen LogP contribution in [0.1, 0.15) is 46.5 Å². The van der Waals surface area contributed by atoms with Crippen LogP contribution in [0.15, 0.2) is 24.3 Å². The molecule has 24 heavy (non-hydrogen) atoms. The van der Waals surface area contributed by atoms with Crippen molar-refractivity contribution in [3.8, 4) is 0 Å². The van der Waals surface area contributed by atoms with Crippen molar-refractivity contribution >= 4 is 5.91 Å². The van der Waals surface area contributed by atoms with Gasteiger partial charge in [0.1, 0.15) is 11.6 Å². The van der Waals surface area contributed by atoms with Gasteiger partial charge < -0.3 is 9.64 Å². The summed E-state index contributed by atoms with van der Waals surface area (Å²) < 4.78 is 7.19. The number of methoxy groups -OCH3 is 1. The number of nitrogens with zero attached hydrogens (tertiary/aromatic N) is 4. The number of aryl methyl sites for hydroxylation is 2. The second kappa shape index (κ2) is 7.13. The Morgan fingerprint density at radius 3 is 2.83 bits per heavy atom. The molecule has 1 unspecified atom stereocenters. The highest BCUT2D eigenvalue weighted by molar-refractivity contribution is 5.95. The third-order valence-electron chi connectivity index (χ3n) is 4.48. The Balaban J connectivity index is 1.80. The topological polar surface area (TPSA) is 60.2 Å². The summed E-state index contributed by atoms with van der Waals surface area (Å²) in [6.45, 7) is 5.76. The van der Waals surface area contributed by atoms with E-state index in [1.807, 2.05) is 47.7 Å². The van der Waals surface area contributed by atoms with E-state index in [1.54, 1.807) is 7.11 Å². The Kier molecular flexibility index (Phi) is 4.94. The van der Waals surface area contributed by atoms with Gasteiger partial charge in [-0.3, -0.25) is 4.79 Å². The van der Waals surface area contributed by atoms with E-state index >= 15 is 0 Å². The van der Waals surface area contributed by atoms with Crippen LogP contribution < -0.4 is 0 Å². The number of piperidine rings is 1. The monoisotopic (exact) mass is 328 g/mol. The Hall–Kier alpha value is -2.21. The maximum Gasteiger partial charge on any atom is 0.254 e. The van der Waals surface area contributed by atoms with Gasteiger partial charge >= 0.3 is 0 Å². The molecule has 128 valence electrons. The zero-order valence-corrected chi connectivity index (χ0v) is 14.5. The smallest absolute Gasteiger partial charge is 0.254 e. The molecule has 1 aromatic heterocycles. The number of likely N-dealkylation sites (tertiary alicyclic amines) is 1. The number of carbonyl (C=O) groups excluding carboxylic acids is 1. The van der Waals surface area contributed by atoms with Gasteiger partial charge in [-0.2, -0.15) is 5.10 Å². The Morgan fingerprint density at radius 2 is 2.12 bits per heavy atom. The summed E-state index contributed by atoms with van der Waals surface area (Å²) >= 11 is 0. The molecule has 0 bridgehead atoms. The molecule has 1 saturated heterocycles. The fraction of sp³-hybridized carbons (Fsp3) is 0.500. The number of rotatable bonds is 4. The van der Waals surface area contributed by atoms with E-state index in [-0.39, 0.29) is 11.9 Å². The summed E-state index contributed by atoms with van der Waals surface area (Å²) in [5.41, 5.74) is 1.66. The van der Waals surface area contributed by atoms with E-state index < -0.39 is 0 Å². The summed E-state index contributed by atoms with van der Waals surface area (Å²) in [5.74, 6) is 1.76. The molecule has 2 aromatic rings. The molecule has 0 N–H and O–H groups in total. The van der Waals surface area contributed by atoms with Crippen LogP contribution in [-0.2, 0) is 11.3 Å². The van der Waals surface area contributed by atoms with Crippen LogP contribution in [0.3, 0.4) is 0 Å². The lowest BCUT2D eigenvalue weighted by molar-refractivity contribution is 0.0666. The van der Waals surface area contributed by atoms with Gasteiger partial charge in [0.2, 0.25) is 0 Å². The van der Waals surface area contributed by atoms with Crippen molar-refractivity contribution in [1.29, 1.82) is 0 Å². The van der Waals surface area contributed by atoms with Crippen LogP contribution in [0.2, 0.25) is 0 Å². The van der Waals surface area contributed by atoms with Gasteiger partial charge in [0.15, 0.2) is 0 Å². The molecule has 1 atom stereocenters. The van der Waals surface area contributed by atoms with Crippen molar-refractivity contribution in [1.82, 2.24) is 19.7 Å². The molecule has 0 aliphatic carbocycles. The number of benzene rings is 1. The van der Waals surface area contributed by atoms with Crippen LogP contribution in [0, 0.1) is 13.8 Å². The van der Waals surface area contributed by atoms with E-state index in [4.69, 9.17) is 4.74 Å². The van der Waals surface area contributed by atoms with E-state index in [2.05, 4.69) is 10.1 Å². The van der Waals surface area contributed by atoms with Crippen LogP contribution in [0.5, 0.6) is 0 Å². The maximum atomic E-state index is 13.0. The lowest BCUT2D eigenvalue weighted by Gasteiger charge is -2.33. The average molecular weight is 328 g/mol. The van der Waals surface area contributed by atoms with Crippen molar-refractivity contribution in [2.45, 2.75) is 39.3 Å². The SMILES string of the molecule is COCc1ccccc1C(=O)N1CCCC(n2nc(C)nc2C)C1. The second-order valence-corrected chi connectivity index (χ2v) is 6.29. The molecular weight excluding hydrogens is 304 g/mol. The van der Waals surface area contributed by atoms with Gasteiger partial charge in [-0.05, 0) is 38.3 Å². The zero-order chi connectivity index (χ0) is 17.1. The highest BCUT2D eigenvalue weighted by atomic mass is 16.5. The first-order valence-corrected chi connectivity index (χ1v) is 8.36. The predicted molar refractivity (Wildman–Crippen MR) is 90.8 cm³/mol. The van der Waals surface area contributed by atoms with Crippen LogP contribution in [-0.4, -0.2) is 45.8 Å². The molecular formula is C18H24N4O2. The van der Waals surface area contributed by atoms with Gasteiger partial charge in [0.25, 0.3) is 5.91 Å². The van der Waals surface area contributed by atoms with Gasteiger partial charge in [0.05, 0.1) is 12.6 Å². The molecule has 1 fully saturated rings. The molecule has 2 heterocycles. The lowest BCUT2D eigenvalue weighted by atomic mass is 10.0. The minimum atomic E-state index is 0.0711. The van der Waals surface area contributed by atoms with Crippen molar-refractivity contribution in [3.63, 3.8) is 0 Å². The van der Waals surface area contributed by atoms with Gasteiger partial charge in [-0.25, -0.2) is 9.67 Å². The van der Waals surface area contributed by atoms with Gasteiger partial charge in [-0.1, -0.05) is 18.2 Å². The van der Waals surface area contributed by atoms with Gasteiger partial charge in [-0.15, -0.1) is 0 Å². The maximum absolute atomic E-state index is 13.0. The summed E-state index contributed by atoms with van der Waals surface area (Å²) in [4.78, 5) is 19.3. The molecule has 6 nitrogen and oxygen atoms in total. The third-order valence-corrected chi connectivity index (χ3v) is 4.48. The standard InChI is InChI=1S/C18H24N4O2/c1-13-19-14(2)22(20-13)16-8-6-10-21(11-16)18(23)17-9-5-4-7-15(17)12-24-3/h4-5,7,9,16H,6,8,10-12H2,1-3H3. The first kappa shape index (κ1) is 16.6. The van der Waals surface area contributed by atoms with E-state index in [0.29, 0.717) is 13.2 Å². The highest BCUT2D eigenvalue weighted by Crippen LogP contribution is 2.24. The Bertz CT molecular complexity index is 726. The lowest BCUT2D eigenvalue weighted by Crippen LogP contribution is -2.41. The highest BCUT2D eigenvalue weighted by Gasteiger charge is 2.28. The first-order chi connectivity index (χ1) is 11.6. The molecule has 6 heteroatoms. The normalized spacial score (nSPS) is 18.0. The number of hydrogen-bond donors (Lipinski definition) is 0. The molecule has 1 amide bonds. The van der Waals surface area contributed by atoms with Crippen molar-refractivity contribution in [2.24, 2.45) is 0 Å². The largest absolute Gasteiger partial charge is 0.380 e. The molecule has 1 aromatic carbocycles. The fourth-order valence-corrected chi connectivity index (χ4v) is 3.40. The summed E-state index contributed by atoms with van der Waals surface area (Å²) in [6.07, 6.45) is 1.99. The predicted octanol–water partition coefficient (Wildman–Crippen LogP) is 2.52. The number of ether oxygens (including phenoxy) is 1. The first-order valence-electron chi connectivity index (χ1n) is 8.36. The van der Waals surface area contributed by atoms with Crippen molar-refractivity contribution in [2.75, 3.05) is 20.2 Å². The van der Waals surface area contributed by atoms with Crippen LogP contribution in [0.25, 0.3) is 0 Å². The third kappa shape index (κ3) is 3.33. The van der Waals surface area contributed by atoms with Gasteiger partial charge in [0, 0.05) is 25.8 Å². The number of aromatic nitrogens is 3. The molecule has 0 spiro atoms. The number of hydrogen-bond acceptors (Lipinski definition) is 4. The molecule has 0 saturated carbocycles. The zero-order valence-electron chi connectivity index (χ0n) is 14.5. The van der Waals surface area contributed by atoms with E-state index in [0.717, 1.165) is 42.2 Å². The fourth-order valence-electron chi connectivity index (χ4n) is 3.40. The van der Waals surface area contributed by atoms with E-state index in [1.165, 1.54) is 0 Å². The second-order valence-electron chi connectivity index (χ2n) is 6.29. The van der Waals surface area contributed by atoms with Crippen LogP contribution in [0.4, 0.5) is 0 Å². The Labute approximate surface area is 142 Å². The summed E-state index contributed by atoms with van der Waals surface area (Å²) in [6, 6.07) is 7.86. The van der Waals surface area contributed by atoms with Crippen molar-refractivity contribution in [3.05, 3.63) is 47.0 Å². The van der Waals surface area contributed by atoms with Crippen LogP contribution >= 0.6 is 0 Å². The number of carbonyl (C=O) groups is 1. The van der Waals surface area contributed by atoms with E-state index in [9.17, 15) is 4.79 Å². The quantitative estimate of drug-likeness (QED) is 0.865. The molecule has 1 aliphatic heterocycles. The molecule has 0 radical (unpaired) electrons.